The summed E-state index contributed by atoms with van der Waals surface area (Å²) in [6, 6.07) is 6.54. The fraction of sp³-hybridized carbons (Fsp3) is 0.400. The third-order valence-electron chi connectivity index (χ3n) is 3.84. The highest BCUT2D eigenvalue weighted by Gasteiger charge is 2.22. The number of hydrogen-bond donors (Lipinski definition) is 2. The highest BCUT2D eigenvalue weighted by atomic mass is 15.2. The fourth-order valence-corrected chi connectivity index (χ4v) is 2.67. The zero-order valence-corrected chi connectivity index (χ0v) is 12.2. The maximum absolute atomic E-state index is 5.87. The Morgan fingerprint density at radius 2 is 2.14 bits per heavy atom. The molecular weight excluding hydrogens is 264 g/mol. The minimum absolute atomic E-state index is 0.337. The number of anilines is 2. The standard InChI is InChI=1S/C15H20N6/c1-17-12-4-7-21(10-12)14-9-13(19-15(16)20-14)8-11-2-5-18-6-3-11/h2-3,5-6,9,12,17H,4,7-8,10H2,1H3,(H2,16,19,20)/t12-/m1/s1. The van der Waals surface area contributed by atoms with Crippen molar-refractivity contribution in [3.8, 4) is 0 Å². The first-order valence-electron chi connectivity index (χ1n) is 7.19. The van der Waals surface area contributed by atoms with Crippen LogP contribution < -0.4 is 16.0 Å². The lowest BCUT2D eigenvalue weighted by molar-refractivity contribution is 0.616. The predicted molar refractivity (Wildman–Crippen MR) is 83.2 cm³/mol. The Morgan fingerprint density at radius 3 is 2.86 bits per heavy atom. The monoisotopic (exact) mass is 284 g/mol. The number of likely N-dealkylation sites (N-methyl/N-ethyl adjacent to an activating group) is 1. The quantitative estimate of drug-likeness (QED) is 0.866. The smallest absolute Gasteiger partial charge is 0.222 e. The molecule has 2 aromatic heterocycles. The highest BCUT2D eigenvalue weighted by molar-refractivity contribution is 5.45. The molecule has 21 heavy (non-hydrogen) atoms. The molecule has 1 saturated heterocycles. The van der Waals surface area contributed by atoms with Crippen LogP contribution in [0, 0.1) is 0 Å². The summed E-state index contributed by atoms with van der Waals surface area (Å²) in [4.78, 5) is 15.0. The average Bonchev–Trinajstić information content (AvgIpc) is 2.97. The summed E-state index contributed by atoms with van der Waals surface area (Å²) in [5.74, 6) is 1.26. The zero-order chi connectivity index (χ0) is 14.7. The van der Waals surface area contributed by atoms with E-state index in [2.05, 4.69) is 25.2 Å². The lowest BCUT2D eigenvalue weighted by atomic mass is 10.1. The molecule has 110 valence electrons. The molecule has 0 aliphatic carbocycles. The van der Waals surface area contributed by atoms with Gasteiger partial charge in [-0.2, -0.15) is 4.98 Å². The van der Waals surface area contributed by atoms with Crippen molar-refractivity contribution in [2.75, 3.05) is 30.8 Å². The van der Waals surface area contributed by atoms with Crippen LogP contribution in [-0.2, 0) is 6.42 Å². The molecule has 6 nitrogen and oxygen atoms in total. The third-order valence-corrected chi connectivity index (χ3v) is 3.84. The Labute approximate surface area is 124 Å². The van der Waals surface area contributed by atoms with Crippen molar-refractivity contribution in [2.45, 2.75) is 18.9 Å². The van der Waals surface area contributed by atoms with Crippen LogP contribution in [0.2, 0.25) is 0 Å². The minimum atomic E-state index is 0.337. The number of nitrogens with two attached hydrogens (primary N) is 1. The lowest BCUT2D eigenvalue weighted by Gasteiger charge is -2.18. The van der Waals surface area contributed by atoms with E-state index in [9.17, 15) is 0 Å². The van der Waals surface area contributed by atoms with E-state index in [1.54, 1.807) is 12.4 Å². The first kappa shape index (κ1) is 13.8. The van der Waals surface area contributed by atoms with Gasteiger partial charge in [0, 0.05) is 44.0 Å². The van der Waals surface area contributed by atoms with Crippen molar-refractivity contribution < 1.29 is 0 Å². The topological polar surface area (TPSA) is 80.0 Å². The van der Waals surface area contributed by atoms with E-state index < -0.39 is 0 Å². The minimum Gasteiger partial charge on any atom is -0.368 e. The van der Waals surface area contributed by atoms with E-state index in [4.69, 9.17) is 5.73 Å². The number of nitrogens with zero attached hydrogens (tertiary/aromatic N) is 4. The first-order valence-corrected chi connectivity index (χ1v) is 7.19. The van der Waals surface area contributed by atoms with E-state index in [0.717, 1.165) is 37.4 Å². The van der Waals surface area contributed by atoms with Crippen LogP contribution in [0.15, 0.2) is 30.6 Å². The summed E-state index contributed by atoms with van der Waals surface area (Å²) in [6.07, 6.45) is 5.45. The van der Waals surface area contributed by atoms with Crippen LogP contribution in [0.5, 0.6) is 0 Å². The summed E-state index contributed by atoms with van der Waals surface area (Å²) in [7, 11) is 2.00. The second-order valence-corrected chi connectivity index (χ2v) is 5.33. The molecule has 0 spiro atoms. The fourth-order valence-electron chi connectivity index (χ4n) is 2.67. The lowest BCUT2D eigenvalue weighted by Crippen LogP contribution is -2.30. The largest absolute Gasteiger partial charge is 0.368 e. The van der Waals surface area contributed by atoms with Gasteiger partial charge in [-0.1, -0.05) is 0 Å². The molecule has 3 heterocycles. The number of hydrogen-bond acceptors (Lipinski definition) is 6. The zero-order valence-electron chi connectivity index (χ0n) is 12.2. The van der Waals surface area contributed by atoms with E-state index in [1.165, 1.54) is 5.56 Å². The second-order valence-electron chi connectivity index (χ2n) is 5.33. The molecule has 2 aromatic rings. The van der Waals surface area contributed by atoms with Gasteiger partial charge in [0.25, 0.3) is 0 Å². The third kappa shape index (κ3) is 3.28. The van der Waals surface area contributed by atoms with Gasteiger partial charge in [0.15, 0.2) is 0 Å². The summed E-state index contributed by atoms with van der Waals surface area (Å²) < 4.78 is 0. The molecule has 0 saturated carbocycles. The molecule has 0 unspecified atom stereocenters. The normalized spacial score (nSPS) is 18.1. The van der Waals surface area contributed by atoms with E-state index in [0.29, 0.717) is 12.0 Å². The van der Waals surface area contributed by atoms with Crippen molar-refractivity contribution in [3.05, 3.63) is 41.9 Å². The predicted octanol–water partition coefficient (Wildman–Crippen LogP) is 0.843. The molecule has 3 N–H and O–H groups in total. The number of aromatic nitrogens is 3. The highest BCUT2D eigenvalue weighted by Crippen LogP contribution is 2.20. The van der Waals surface area contributed by atoms with Crippen molar-refractivity contribution >= 4 is 11.8 Å². The maximum atomic E-state index is 5.87. The van der Waals surface area contributed by atoms with Crippen LogP contribution in [0.3, 0.4) is 0 Å². The Bertz CT molecular complexity index is 600. The van der Waals surface area contributed by atoms with Crippen LogP contribution in [0.25, 0.3) is 0 Å². The van der Waals surface area contributed by atoms with Crippen LogP contribution in [0.4, 0.5) is 11.8 Å². The van der Waals surface area contributed by atoms with Crippen molar-refractivity contribution in [3.63, 3.8) is 0 Å². The summed E-state index contributed by atoms with van der Waals surface area (Å²) in [5, 5.41) is 3.31. The summed E-state index contributed by atoms with van der Waals surface area (Å²) in [6.45, 7) is 1.96. The van der Waals surface area contributed by atoms with Crippen LogP contribution >= 0.6 is 0 Å². The molecule has 0 amide bonds. The van der Waals surface area contributed by atoms with Crippen molar-refractivity contribution in [1.29, 1.82) is 0 Å². The number of nitrogens with one attached hydrogen (secondary N) is 1. The van der Waals surface area contributed by atoms with E-state index in [1.807, 2.05) is 25.2 Å². The average molecular weight is 284 g/mol. The molecule has 1 aliphatic rings. The second kappa shape index (κ2) is 6.05. The summed E-state index contributed by atoms with van der Waals surface area (Å²) in [5.41, 5.74) is 7.98. The van der Waals surface area contributed by atoms with Gasteiger partial charge in [-0.25, -0.2) is 4.98 Å². The van der Waals surface area contributed by atoms with Gasteiger partial charge in [0.05, 0.1) is 5.69 Å². The molecular formula is C15H20N6. The van der Waals surface area contributed by atoms with Gasteiger partial charge in [-0.05, 0) is 31.2 Å². The van der Waals surface area contributed by atoms with Gasteiger partial charge in [-0.15, -0.1) is 0 Å². The van der Waals surface area contributed by atoms with E-state index >= 15 is 0 Å². The van der Waals surface area contributed by atoms with Gasteiger partial charge in [0.2, 0.25) is 5.95 Å². The maximum Gasteiger partial charge on any atom is 0.222 e. The molecule has 1 aliphatic heterocycles. The molecule has 0 radical (unpaired) electrons. The van der Waals surface area contributed by atoms with Gasteiger partial charge in [0.1, 0.15) is 5.82 Å². The van der Waals surface area contributed by atoms with Crippen molar-refractivity contribution in [2.24, 2.45) is 0 Å². The number of rotatable bonds is 4. The SMILES string of the molecule is CN[C@@H]1CCN(c2cc(Cc3ccncc3)nc(N)n2)C1. The molecule has 0 bridgehead atoms. The first-order chi connectivity index (χ1) is 10.2. The van der Waals surface area contributed by atoms with Gasteiger partial charge < -0.3 is 16.0 Å². The molecule has 6 heteroatoms. The van der Waals surface area contributed by atoms with Crippen LogP contribution in [-0.4, -0.2) is 41.1 Å². The Balaban J connectivity index is 1.80. The van der Waals surface area contributed by atoms with E-state index in [-0.39, 0.29) is 0 Å². The van der Waals surface area contributed by atoms with Crippen LogP contribution in [0.1, 0.15) is 17.7 Å². The Morgan fingerprint density at radius 1 is 1.33 bits per heavy atom. The molecule has 0 aromatic carbocycles. The molecule has 1 atom stereocenters. The Kier molecular flexibility index (Phi) is 3.96. The van der Waals surface area contributed by atoms with Gasteiger partial charge in [-0.3, -0.25) is 4.98 Å². The van der Waals surface area contributed by atoms with Gasteiger partial charge >= 0.3 is 0 Å². The van der Waals surface area contributed by atoms with Crippen molar-refractivity contribution in [1.82, 2.24) is 20.3 Å². The Hall–Kier alpha value is -2.21. The molecule has 3 rings (SSSR count). The summed E-state index contributed by atoms with van der Waals surface area (Å²) >= 11 is 0. The number of nitrogen functional groups attached to an aromatic ring is 1. The molecule has 1 fully saturated rings. The number of pyridine rings is 1.